The molecule has 1 heterocycles. The van der Waals surface area contributed by atoms with E-state index in [4.69, 9.17) is 0 Å². The van der Waals surface area contributed by atoms with Crippen LogP contribution in [0.5, 0.6) is 0 Å². The van der Waals surface area contributed by atoms with E-state index in [1.807, 2.05) is 0 Å². The van der Waals surface area contributed by atoms with Crippen LogP contribution in [0.4, 0.5) is 0 Å². The van der Waals surface area contributed by atoms with Crippen molar-refractivity contribution in [3.63, 3.8) is 0 Å². The van der Waals surface area contributed by atoms with Gasteiger partial charge in [0, 0.05) is 6.21 Å². The Bertz CT molecular complexity index is 339. The van der Waals surface area contributed by atoms with Crippen molar-refractivity contribution in [3.8, 4) is 0 Å². The van der Waals surface area contributed by atoms with Crippen LogP contribution in [0, 0.1) is 0 Å². The Labute approximate surface area is 58.4 Å². The molecule has 1 amide bonds. The van der Waals surface area contributed by atoms with Crippen LogP contribution in [-0.2, 0) is 15.1 Å². The highest BCUT2D eigenvalue weighted by atomic mass is 32.2. The second-order valence-corrected chi connectivity index (χ2v) is 2.45. The second kappa shape index (κ2) is 2.57. The molecule has 52 valence electrons. The van der Waals surface area contributed by atoms with E-state index in [2.05, 4.69) is 4.99 Å². The summed E-state index contributed by atoms with van der Waals surface area (Å²) in [7, 11) is -2.47. The lowest BCUT2D eigenvalue weighted by Crippen LogP contribution is -2.12. The molecule has 4 nitrogen and oxygen atoms in total. The molecule has 0 saturated heterocycles. The molecule has 0 aromatic heterocycles. The number of nitrogens with zero attached hydrogens (tertiary/aromatic N) is 1. The van der Waals surface area contributed by atoms with Gasteiger partial charge >= 0.3 is 0 Å². The maximum absolute atomic E-state index is 10.6. The number of hydrogen-bond acceptors (Lipinski definition) is 3. The zero-order valence-electron chi connectivity index (χ0n) is 4.81. The van der Waals surface area contributed by atoms with Crippen molar-refractivity contribution in [2.45, 2.75) is 0 Å². The first-order valence-corrected chi connectivity index (χ1v) is 3.50. The molecular formula is C5H3NO3S. The normalized spacial score (nSPS) is 16.0. The fourth-order valence-corrected chi connectivity index (χ4v) is 0.888. The number of carbonyl (C=O) groups is 1. The Morgan fingerprint density at radius 2 is 2.10 bits per heavy atom. The first-order valence-electron chi connectivity index (χ1n) is 2.43. The quantitative estimate of drug-likeness (QED) is 0.432. The number of allylic oxidation sites excluding steroid dienone is 1. The minimum absolute atomic E-state index is 0.289. The summed E-state index contributed by atoms with van der Waals surface area (Å²) in [5, 5.41) is 0. The smallest absolute Gasteiger partial charge is 0.266 e. The number of hydrogen-bond donors (Lipinski definition) is 0. The third-order valence-corrected chi connectivity index (χ3v) is 1.59. The maximum atomic E-state index is 10.6. The van der Waals surface area contributed by atoms with E-state index >= 15 is 0 Å². The monoisotopic (exact) mass is 157 g/mol. The Morgan fingerprint density at radius 3 is 2.50 bits per heavy atom. The molecule has 1 aliphatic rings. The van der Waals surface area contributed by atoms with Gasteiger partial charge in [0.25, 0.3) is 5.91 Å². The number of aliphatic imine (C=N–C) groups is 1. The van der Waals surface area contributed by atoms with Crippen LogP contribution in [0.15, 0.2) is 17.1 Å². The van der Waals surface area contributed by atoms with Crippen molar-refractivity contribution in [3.05, 3.63) is 12.2 Å². The van der Waals surface area contributed by atoms with Gasteiger partial charge in [0.2, 0.25) is 10.3 Å². The van der Waals surface area contributed by atoms with Crippen LogP contribution in [0.25, 0.3) is 0 Å². The predicted octanol–water partition coefficient (Wildman–Crippen LogP) is -0.795. The van der Waals surface area contributed by atoms with E-state index in [0.717, 1.165) is 0 Å². The summed E-state index contributed by atoms with van der Waals surface area (Å²) in [6.45, 7) is 0. The molecule has 0 radical (unpaired) electrons. The summed E-state index contributed by atoms with van der Waals surface area (Å²) >= 11 is 0. The van der Waals surface area contributed by atoms with E-state index in [9.17, 15) is 13.2 Å². The lowest BCUT2D eigenvalue weighted by Gasteiger charge is -1.90. The first-order chi connectivity index (χ1) is 4.72. The van der Waals surface area contributed by atoms with Gasteiger partial charge in [-0.2, -0.15) is 8.42 Å². The lowest BCUT2D eigenvalue weighted by molar-refractivity contribution is -0.111. The second-order valence-electron chi connectivity index (χ2n) is 1.54. The fourth-order valence-electron chi connectivity index (χ4n) is 0.503. The Hall–Kier alpha value is -1.23. The van der Waals surface area contributed by atoms with Crippen LogP contribution in [0.2, 0.25) is 0 Å². The average Bonchev–Trinajstić information content (AvgIpc) is 1.88. The number of carbonyl (C=O) groups excluding carboxylic acids is 1. The largest absolute Gasteiger partial charge is 0.292 e. The molecule has 0 bridgehead atoms. The summed E-state index contributed by atoms with van der Waals surface area (Å²) in [6, 6.07) is 0. The van der Waals surface area contributed by atoms with Gasteiger partial charge in [-0.15, -0.1) is 0 Å². The molecule has 10 heavy (non-hydrogen) atoms. The molecule has 1 rings (SSSR count). The van der Waals surface area contributed by atoms with Crippen molar-refractivity contribution in [2.24, 2.45) is 4.99 Å². The van der Waals surface area contributed by atoms with Gasteiger partial charge in [-0.3, -0.25) is 4.79 Å². The summed E-state index contributed by atoms with van der Waals surface area (Å²) in [5.74, 6) is -0.712. The third kappa shape index (κ3) is 1.19. The van der Waals surface area contributed by atoms with E-state index in [0.29, 0.717) is 0 Å². The summed E-state index contributed by atoms with van der Waals surface area (Å²) < 4.78 is 20.4. The van der Waals surface area contributed by atoms with Gasteiger partial charge in [0.1, 0.15) is 0 Å². The SMILES string of the molecule is O=C1N=CC=CC1=S(=O)=O. The van der Waals surface area contributed by atoms with Crippen molar-refractivity contribution >= 4 is 27.3 Å². The van der Waals surface area contributed by atoms with Crippen molar-refractivity contribution < 1.29 is 13.2 Å². The van der Waals surface area contributed by atoms with Gasteiger partial charge < -0.3 is 0 Å². The van der Waals surface area contributed by atoms with E-state index < -0.39 is 16.2 Å². The van der Waals surface area contributed by atoms with Crippen molar-refractivity contribution in [2.75, 3.05) is 0 Å². The molecule has 0 fully saturated rings. The molecule has 1 aliphatic heterocycles. The standard InChI is InChI=1S/C5H3NO3S/c7-5-4(10(8)9)2-1-3-6-5/h1-3H. The minimum atomic E-state index is -2.47. The number of dihydropyridines is 1. The number of amides is 1. The van der Waals surface area contributed by atoms with Gasteiger partial charge in [0.05, 0.1) is 0 Å². The van der Waals surface area contributed by atoms with Crippen LogP contribution in [-0.4, -0.2) is 25.4 Å². The lowest BCUT2D eigenvalue weighted by atomic mass is 10.3. The van der Waals surface area contributed by atoms with Gasteiger partial charge in [-0.25, -0.2) is 4.99 Å². The van der Waals surface area contributed by atoms with Crippen LogP contribution in [0.1, 0.15) is 0 Å². The van der Waals surface area contributed by atoms with Crippen LogP contribution >= 0.6 is 0 Å². The molecule has 0 aromatic carbocycles. The molecule has 0 aliphatic carbocycles. The number of rotatable bonds is 0. The molecule has 0 unspecified atom stereocenters. The van der Waals surface area contributed by atoms with E-state index in [1.54, 1.807) is 0 Å². The molecule has 5 heteroatoms. The summed E-state index contributed by atoms with van der Waals surface area (Å²) in [6.07, 6.45) is 3.85. The van der Waals surface area contributed by atoms with E-state index in [1.165, 1.54) is 18.4 Å². The average molecular weight is 157 g/mol. The Morgan fingerprint density at radius 1 is 1.40 bits per heavy atom. The maximum Gasteiger partial charge on any atom is 0.292 e. The zero-order chi connectivity index (χ0) is 7.56. The highest BCUT2D eigenvalue weighted by Gasteiger charge is 2.09. The van der Waals surface area contributed by atoms with Crippen LogP contribution in [0.3, 0.4) is 0 Å². The molecule has 0 N–H and O–H groups in total. The summed E-state index contributed by atoms with van der Waals surface area (Å²) in [5.41, 5.74) is 0. The van der Waals surface area contributed by atoms with E-state index in [-0.39, 0.29) is 4.86 Å². The molecule has 0 atom stereocenters. The fraction of sp³-hybridized carbons (Fsp3) is 0. The molecule has 0 spiro atoms. The topological polar surface area (TPSA) is 63.6 Å². The zero-order valence-corrected chi connectivity index (χ0v) is 5.63. The Balaban J connectivity index is 3.28. The highest BCUT2D eigenvalue weighted by Crippen LogP contribution is 1.88. The minimum Gasteiger partial charge on any atom is -0.266 e. The Kier molecular flexibility index (Phi) is 1.77. The first kappa shape index (κ1) is 6.88. The highest BCUT2D eigenvalue weighted by molar-refractivity contribution is 7.75. The third-order valence-electron chi connectivity index (χ3n) is 0.916. The predicted molar refractivity (Wildman–Crippen MR) is 36.6 cm³/mol. The van der Waals surface area contributed by atoms with Gasteiger partial charge in [-0.05, 0) is 12.2 Å². The molecule has 0 aromatic rings. The van der Waals surface area contributed by atoms with Crippen molar-refractivity contribution in [1.29, 1.82) is 0 Å². The van der Waals surface area contributed by atoms with Crippen molar-refractivity contribution in [1.82, 2.24) is 0 Å². The van der Waals surface area contributed by atoms with Gasteiger partial charge in [0.15, 0.2) is 4.86 Å². The van der Waals surface area contributed by atoms with Gasteiger partial charge in [-0.1, -0.05) is 0 Å². The molecule has 0 saturated carbocycles. The van der Waals surface area contributed by atoms with Crippen LogP contribution < -0.4 is 0 Å². The molecular weight excluding hydrogens is 154 g/mol. The summed E-state index contributed by atoms with van der Waals surface area (Å²) in [4.78, 5) is 13.5.